The highest BCUT2D eigenvalue weighted by atomic mass is 16.5. The maximum absolute atomic E-state index is 11.2. The van der Waals surface area contributed by atoms with E-state index in [4.69, 9.17) is 0 Å². The molecule has 0 unspecified atom stereocenters. The minimum absolute atomic E-state index is 0.349. The number of allylic oxidation sites excluding steroid dienone is 1. The number of hydrazone groups is 1. The van der Waals surface area contributed by atoms with Gasteiger partial charge in [-0.3, -0.25) is 5.43 Å². The number of carbonyl (C=O) groups excluding carboxylic acids is 1. The molecule has 1 N–H and O–H groups in total. The van der Waals surface area contributed by atoms with E-state index < -0.39 is 5.97 Å². The van der Waals surface area contributed by atoms with Crippen molar-refractivity contribution in [3.05, 3.63) is 12.3 Å². The molecule has 1 aliphatic heterocycles. The molecular weight excluding hydrogens is 156 g/mol. The fourth-order valence-corrected chi connectivity index (χ4v) is 0.976. The fraction of sp³-hybridized carbons (Fsp3) is 0.500. The first-order valence-corrected chi connectivity index (χ1v) is 3.67. The predicted molar refractivity (Wildman–Crippen MR) is 45.5 cm³/mol. The van der Waals surface area contributed by atoms with Crippen LogP contribution in [-0.4, -0.2) is 18.8 Å². The van der Waals surface area contributed by atoms with Crippen molar-refractivity contribution in [3.8, 4) is 0 Å². The Hall–Kier alpha value is -1.32. The predicted octanol–water partition coefficient (Wildman–Crippen LogP) is 0.659. The average Bonchev–Trinajstić information content (AvgIpc) is 2.02. The zero-order valence-electron chi connectivity index (χ0n) is 7.42. The third-order valence-corrected chi connectivity index (χ3v) is 1.74. The van der Waals surface area contributed by atoms with E-state index >= 15 is 0 Å². The van der Waals surface area contributed by atoms with E-state index in [1.54, 1.807) is 6.20 Å². The van der Waals surface area contributed by atoms with Crippen molar-refractivity contribution in [2.45, 2.75) is 13.8 Å². The average molecular weight is 168 g/mol. The van der Waals surface area contributed by atoms with Crippen LogP contribution < -0.4 is 5.43 Å². The number of hydrogen-bond donors (Lipinski definition) is 1. The summed E-state index contributed by atoms with van der Waals surface area (Å²) >= 11 is 0. The van der Waals surface area contributed by atoms with Crippen molar-refractivity contribution < 1.29 is 9.53 Å². The van der Waals surface area contributed by atoms with Crippen molar-refractivity contribution in [2.24, 2.45) is 10.5 Å². The van der Waals surface area contributed by atoms with Crippen LogP contribution in [-0.2, 0) is 9.53 Å². The third kappa shape index (κ3) is 1.47. The lowest BCUT2D eigenvalue weighted by Crippen LogP contribution is -2.34. The van der Waals surface area contributed by atoms with Gasteiger partial charge < -0.3 is 4.74 Å². The smallest absolute Gasteiger partial charge is 0.355 e. The molecule has 1 aliphatic rings. The SMILES string of the molecule is COC(=O)C1=NNC=CC1(C)C. The van der Waals surface area contributed by atoms with Crippen molar-refractivity contribution >= 4 is 11.7 Å². The van der Waals surface area contributed by atoms with E-state index in [1.165, 1.54) is 7.11 Å². The molecule has 0 saturated carbocycles. The molecule has 1 rings (SSSR count). The molecule has 0 aromatic carbocycles. The van der Waals surface area contributed by atoms with Crippen LogP contribution in [0.1, 0.15) is 13.8 Å². The molecule has 0 aliphatic carbocycles. The van der Waals surface area contributed by atoms with Gasteiger partial charge in [-0.25, -0.2) is 4.79 Å². The van der Waals surface area contributed by atoms with Gasteiger partial charge in [0.15, 0.2) is 5.71 Å². The van der Waals surface area contributed by atoms with Crippen LogP contribution in [0.3, 0.4) is 0 Å². The van der Waals surface area contributed by atoms with Crippen LogP contribution in [0, 0.1) is 5.41 Å². The molecule has 1 heterocycles. The van der Waals surface area contributed by atoms with Gasteiger partial charge in [0.25, 0.3) is 0 Å². The Morgan fingerprint density at radius 2 is 2.33 bits per heavy atom. The highest BCUT2D eigenvalue weighted by molar-refractivity contribution is 6.38. The minimum atomic E-state index is -0.392. The number of carbonyl (C=O) groups is 1. The molecular formula is C8H12N2O2. The lowest BCUT2D eigenvalue weighted by molar-refractivity contribution is -0.133. The van der Waals surface area contributed by atoms with Crippen LogP contribution in [0.15, 0.2) is 17.4 Å². The second-order valence-electron chi connectivity index (χ2n) is 3.14. The molecule has 0 fully saturated rings. The topological polar surface area (TPSA) is 50.7 Å². The Kier molecular flexibility index (Phi) is 2.17. The summed E-state index contributed by atoms with van der Waals surface area (Å²) in [4.78, 5) is 11.2. The molecule has 0 saturated heterocycles. The number of methoxy groups -OCH3 is 1. The van der Waals surface area contributed by atoms with Crippen LogP contribution >= 0.6 is 0 Å². The highest BCUT2D eigenvalue weighted by Gasteiger charge is 2.30. The molecule has 0 bridgehead atoms. The lowest BCUT2D eigenvalue weighted by Gasteiger charge is -2.23. The molecule has 0 radical (unpaired) electrons. The minimum Gasteiger partial charge on any atom is -0.464 e. The number of rotatable bonds is 1. The van der Waals surface area contributed by atoms with Crippen LogP contribution in [0.25, 0.3) is 0 Å². The van der Waals surface area contributed by atoms with Crippen molar-refractivity contribution in [1.82, 2.24) is 5.43 Å². The quantitative estimate of drug-likeness (QED) is 0.585. The lowest BCUT2D eigenvalue weighted by atomic mass is 9.87. The molecule has 0 aromatic heterocycles. The van der Waals surface area contributed by atoms with Gasteiger partial charge in [-0.1, -0.05) is 19.9 Å². The molecule has 4 heteroatoms. The maximum Gasteiger partial charge on any atom is 0.355 e. The van der Waals surface area contributed by atoms with E-state index in [-0.39, 0.29) is 5.41 Å². The van der Waals surface area contributed by atoms with Crippen LogP contribution in [0.5, 0.6) is 0 Å². The van der Waals surface area contributed by atoms with Gasteiger partial charge in [-0.2, -0.15) is 5.10 Å². The fourth-order valence-electron chi connectivity index (χ4n) is 0.976. The van der Waals surface area contributed by atoms with E-state index in [2.05, 4.69) is 15.3 Å². The molecule has 0 aromatic rings. The molecule has 0 spiro atoms. The standard InChI is InChI=1S/C8H12N2O2/c1-8(2)4-5-9-10-6(8)7(11)12-3/h4-5,9H,1-3H3. The first kappa shape index (κ1) is 8.77. The normalized spacial score (nSPS) is 19.4. The molecule has 66 valence electrons. The summed E-state index contributed by atoms with van der Waals surface area (Å²) in [6.07, 6.45) is 3.57. The molecule has 0 amide bonds. The van der Waals surface area contributed by atoms with Crippen molar-refractivity contribution in [2.75, 3.05) is 7.11 Å². The summed E-state index contributed by atoms with van der Waals surface area (Å²) in [6.45, 7) is 3.81. The zero-order valence-corrected chi connectivity index (χ0v) is 7.42. The summed E-state index contributed by atoms with van der Waals surface area (Å²) in [5.74, 6) is -0.392. The second-order valence-corrected chi connectivity index (χ2v) is 3.14. The van der Waals surface area contributed by atoms with Crippen molar-refractivity contribution in [3.63, 3.8) is 0 Å². The summed E-state index contributed by atoms with van der Waals surface area (Å²) in [6, 6.07) is 0. The van der Waals surface area contributed by atoms with E-state index in [9.17, 15) is 4.79 Å². The number of nitrogens with one attached hydrogen (secondary N) is 1. The Labute approximate surface area is 71.3 Å². The number of nitrogens with zero attached hydrogens (tertiary/aromatic N) is 1. The number of ether oxygens (including phenoxy) is 1. The number of hydrogen-bond acceptors (Lipinski definition) is 4. The zero-order chi connectivity index (χ0) is 9.19. The van der Waals surface area contributed by atoms with Gasteiger partial charge in [0.2, 0.25) is 0 Å². The van der Waals surface area contributed by atoms with E-state index in [0.29, 0.717) is 5.71 Å². The van der Waals surface area contributed by atoms with Gasteiger partial charge in [0, 0.05) is 11.6 Å². The van der Waals surface area contributed by atoms with E-state index in [0.717, 1.165) is 0 Å². The highest BCUT2D eigenvalue weighted by Crippen LogP contribution is 2.21. The van der Waals surface area contributed by atoms with Gasteiger partial charge in [0.05, 0.1) is 7.11 Å². The summed E-state index contributed by atoms with van der Waals surface area (Å²) < 4.78 is 4.58. The van der Waals surface area contributed by atoms with Crippen LogP contribution in [0.2, 0.25) is 0 Å². The van der Waals surface area contributed by atoms with E-state index in [1.807, 2.05) is 19.9 Å². The first-order valence-electron chi connectivity index (χ1n) is 3.67. The second kappa shape index (κ2) is 2.97. The summed E-state index contributed by atoms with van der Waals surface area (Å²) in [5, 5.41) is 3.86. The monoisotopic (exact) mass is 168 g/mol. The molecule has 4 nitrogen and oxygen atoms in total. The summed E-state index contributed by atoms with van der Waals surface area (Å²) in [7, 11) is 1.35. The Morgan fingerprint density at radius 3 is 2.83 bits per heavy atom. The maximum atomic E-state index is 11.2. The molecule has 12 heavy (non-hydrogen) atoms. The number of esters is 1. The van der Waals surface area contributed by atoms with Crippen LogP contribution in [0.4, 0.5) is 0 Å². The first-order chi connectivity index (χ1) is 5.58. The van der Waals surface area contributed by atoms with Crippen molar-refractivity contribution in [1.29, 1.82) is 0 Å². The molecule has 0 atom stereocenters. The van der Waals surface area contributed by atoms with Gasteiger partial charge >= 0.3 is 5.97 Å². The van der Waals surface area contributed by atoms with Gasteiger partial charge in [0.1, 0.15) is 0 Å². The Bertz CT molecular complexity index is 254. The van der Waals surface area contributed by atoms with Gasteiger partial charge in [-0.05, 0) is 0 Å². The van der Waals surface area contributed by atoms with Gasteiger partial charge in [-0.15, -0.1) is 0 Å². The largest absolute Gasteiger partial charge is 0.464 e. The summed E-state index contributed by atoms with van der Waals surface area (Å²) in [5.41, 5.74) is 2.66. The third-order valence-electron chi connectivity index (χ3n) is 1.74. The Balaban J connectivity index is 2.89. The Morgan fingerprint density at radius 1 is 1.67 bits per heavy atom.